The van der Waals surface area contributed by atoms with Crippen molar-refractivity contribution < 1.29 is 17.9 Å². The molecule has 0 aromatic heterocycles. The molecule has 0 aromatic carbocycles. The van der Waals surface area contributed by atoms with Crippen LogP contribution >= 0.6 is 11.6 Å². The fraction of sp³-hybridized carbons (Fsp3) is 0.889. The van der Waals surface area contributed by atoms with Gasteiger partial charge in [0, 0.05) is 0 Å². The first-order chi connectivity index (χ1) is 7.46. The lowest BCUT2D eigenvalue weighted by Gasteiger charge is -2.34. The molecule has 0 aliphatic heterocycles. The number of alkyl halides is 1. The van der Waals surface area contributed by atoms with Crippen molar-refractivity contribution in [2.45, 2.75) is 37.6 Å². The first-order valence-electron chi connectivity index (χ1n) is 5.12. The predicted molar refractivity (Wildman–Crippen MR) is 60.6 cm³/mol. The van der Waals surface area contributed by atoms with E-state index in [1.807, 2.05) is 0 Å². The zero-order valence-corrected chi connectivity index (χ0v) is 10.7. The van der Waals surface area contributed by atoms with Crippen molar-refractivity contribution in [3.8, 4) is 0 Å². The van der Waals surface area contributed by atoms with Gasteiger partial charge in [-0.05, 0) is 12.8 Å². The van der Waals surface area contributed by atoms with Crippen LogP contribution in [0.2, 0.25) is 0 Å². The average Bonchev–Trinajstić information content (AvgIpc) is 2.28. The van der Waals surface area contributed by atoms with Gasteiger partial charge in [-0.15, -0.1) is 11.6 Å². The van der Waals surface area contributed by atoms with Gasteiger partial charge in [0.05, 0.1) is 7.11 Å². The summed E-state index contributed by atoms with van der Waals surface area (Å²) in [6, 6.07) is 0. The quantitative estimate of drug-likeness (QED) is 0.610. The van der Waals surface area contributed by atoms with Crippen LogP contribution in [0.25, 0.3) is 0 Å². The van der Waals surface area contributed by atoms with Gasteiger partial charge < -0.3 is 4.74 Å². The molecule has 1 rings (SSSR count). The number of hydrogen-bond donors (Lipinski definition) is 1. The van der Waals surface area contributed by atoms with E-state index in [1.54, 1.807) is 0 Å². The molecule has 16 heavy (non-hydrogen) atoms. The van der Waals surface area contributed by atoms with E-state index in [2.05, 4.69) is 9.46 Å². The number of carbonyl (C=O) groups excluding carboxylic acids is 1. The van der Waals surface area contributed by atoms with Gasteiger partial charge in [-0.2, -0.15) is 4.72 Å². The summed E-state index contributed by atoms with van der Waals surface area (Å²) in [4.78, 5) is 11.7. The van der Waals surface area contributed by atoms with Crippen LogP contribution in [0, 0.1) is 0 Å². The molecule has 1 aliphatic rings. The third-order valence-corrected chi connectivity index (χ3v) is 4.63. The van der Waals surface area contributed by atoms with E-state index in [-0.39, 0.29) is 0 Å². The highest BCUT2D eigenvalue weighted by Crippen LogP contribution is 2.30. The number of ether oxygens (including phenoxy) is 1. The van der Waals surface area contributed by atoms with Gasteiger partial charge in [0.1, 0.15) is 10.8 Å². The Morgan fingerprint density at radius 2 is 1.94 bits per heavy atom. The first kappa shape index (κ1) is 13.7. The molecule has 0 saturated heterocycles. The molecule has 1 N–H and O–H groups in total. The zero-order valence-electron chi connectivity index (χ0n) is 9.16. The summed E-state index contributed by atoms with van der Waals surface area (Å²) in [6.45, 7) is 0. The maximum absolute atomic E-state index is 11.7. The van der Waals surface area contributed by atoms with Crippen LogP contribution in [0.15, 0.2) is 0 Å². The SMILES string of the molecule is COC(=O)C1(NS(=O)(=O)CCl)CCCCC1. The highest BCUT2D eigenvalue weighted by Gasteiger charge is 2.43. The molecule has 0 aromatic rings. The number of methoxy groups -OCH3 is 1. The molecule has 94 valence electrons. The number of rotatable bonds is 4. The zero-order chi connectivity index (χ0) is 12.2. The lowest BCUT2D eigenvalue weighted by Crippen LogP contribution is -2.56. The van der Waals surface area contributed by atoms with Crippen LogP contribution < -0.4 is 4.72 Å². The lowest BCUT2D eigenvalue weighted by atomic mass is 9.83. The number of hydrogen-bond acceptors (Lipinski definition) is 4. The lowest BCUT2D eigenvalue weighted by molar-refractivity contribution is -0.149. The van der Waals surface area contributed by atoms with Gasteiger partial charge in [0.2, 0.25) is 10.0 Å². The summed E-state index contributed by atoms with van der Waals surface area (Å²) in [5, 5.41) is -0.550. The van der Waals surface area contributed by atoms with Crippen LogP contribution in [0.1, 0.15) is 32.1 Å². The Kier molecular flexibility index (Phi) is 4.58. The first-order valence-corrected chi connectivity index (χ1v) is 7.30. The largest absolute Gasteiger partial charge is 0.468 e. The van der Waals surface area contributed by atoms with E-state index >= 15 is 0 Å². The molecule has 1 fully saturated rings. The van der Waals surface area contributed by atoms with Crippen LogP contribution in [-0.2, 0) is 19.6 Å². The second-order valence-electron chi connectivity index (χ2n) is 3.96. The summed E-state index contributed by atoms with van der Waals surface area (Å²) in [5.74, 6) is -0.527. The van der Waals surface area contributed by atoms with Crippen molar-refractivity contribution in [3.05, 3.63) is 0 Å². The molecule has 0 unspecified atom stereocenters. The molecule has 1 saturated carbocycles. The van der Waals surface area contributed by atoms with Gasteiger partial charge >= 0.3 is 5.97 Å². The minimum absolute atomic E-state index is 0.468. The van der Waals surface area contributed by atoms with E-state index in [9.17, 15) is 13.2 Å². The number of esters is 1. The van der Waals surface area contributed by atoms with E-state index in [0.29, 0.717) is 12.8 Å². The molecule has 0 bridgehead atoms. The Balaban J connectivity index is 2.91. The highest BCUT2D eigenvalue weighted by atomic mass is 35.5. The van der Waals surface area contributed by atoms with Crippen molar-refractivity contribution in [1.29, 1.82) is 0 Å². The maximum Gasteiger partial charge on any atom is 0.327 e. The number of sulfonamides is 1. The number of halogens is 1. The standard InChI is InChI=1S/C9H16ClNO4S/c1-15-8(12)9(5-3-2-4-6-9)11-16(13,14)7-10/h11H,2-7H2,1H3. The predicted octanol–water partition coefficient (Wildman–Crippen LogP) is 0.978. The van der Waals surface area contributed by atoms with Gasteiger partial charge in [0.15, 0.2) is 0 Å². The molecule has 0 spiro atoms. The van der Waals surface area contributed by atoms with Crippen LogP contribution in [0.4, 0.5) is 0 Å². The monoisotopic (exact) mass is 269 g/mol. The Hall–Kier alpha value is -0.330. The molecule has 0 heterocycles. The molecule has 0 atom stereocenters. The molecule has 0 amide bonds. The Morgan fingerprint density at radius 1 is 1.38 bits per heavy atom. The van der Waals surface area contributed by atoms with E-state index in [4.69, 9.17) is 11.6 Å². The Morgan fingerprint density at radius 3 is 2.38 bits per heavy atom. The summed E-state index contributed by atoms with van der Waals surface area (Å²) in [7, 11) is -2.36. The van der Waals surface area contributed by atoms with Gasteiger partial charge in [-0.25, -0.2) is 8.42 Å². The van der Waals surface area contributed by atoms with Crippen molar-refractivity contribution in [3.63, 3.8) is 0 Å². The third-order valence-electron chi connectivity index (χ3n) is 2.78. The normalized spacial score (nSPS) is 20.4. The Bertz CT molecular complexity index is 349. The van der Waals surface area contributed by atoms with Gasteiger partial charge in [-0.1, -0.05) is 19.3 Å². The minimum atomic E-state index is -3.62. The topological polar surface area (TPSA) is 72.5 Å². The van der Waals surface area contributed by atoms with Crippen molar-refractivity contribution in [1.82, 2.24) is 4.72 Å². The van der Waals surface area contributed by atoms with E-state index in [1.165, 1.54) is 7.11 Å². The van der Waals surface area contributed by atoms with Crippen molar-refractivity contribution in [2.75, 3.05) is 12.3 Å². The van der Waals surface area contributed by atoms with Crippen LogP contribution in [0.3, 0.4) is 0 Å². The summed E-state index contributed by atoms with van der Waals surface area (Å²) >= 11 is 5.32. The summed E-state index contributed by atoms with van der Waals surface area (Å²) in [5.41, 5.74) is -1.11. The maximum atomic E-state index is 11.7. The second-order valence-corrected chi connectivity index (χ2v) is 6.27. The molecular weight excluding hydrogens is 254 g/mol. The number of carbonyl (C=O) groups is 1. The van der Waals surface area contributed by atoms with E-state index < -0.39 is 26.7 Å². The second kappa shape index (κ2) is 5.33. The fourth-order valence-corrected chi connectivity index (χ4v) is 3.12. The highest BCUT2D eigenvalue weighted by molar-refractivity contribution is 7.90. The summed E-state index contributed by atoms with van der Waals surface area (Å²) in [6.07, 6.45) is 3.55. The average molecular weight is 270 g/mol. The van der Waals surface area contributed by atoms with E-state index in [0.717, 1.165) is 19.3 Å². The molecule has 5 nitrogen and oxygen atoms in total. The van der Waals surface area contributed by atoms with Crippen molar-refractivity contribution >= 4 is 27.6 Å². The van der Waals surface area contributed by atoms with Crippen LogP contribution in [0.5, 0.6) is 0 Å². The van der Waals surface area contributed by atoms with Crippen LogP contribution in [-0.4, -0.2) is 32.2 Å². The summed E-state index contributed by atoms with van der Waals surface area (Å²) < 4.78 is 29.9. The molecule has 1 aliphatic carbocycles. The number of nitrogens with one attached hydrogen (secondary N) is 1. The Labute approximate surface area is 101 Å². The molecule has 0 radical (unpaired) electrons. The van der Waals surface area contributed by atoms with Gasteiger partial charge in [0.25, 0.3) is 0 Å². The molecule has 7 heteroatoms. The third kappa shape index (κ3) is 3.09. The molecular formula is C9H16ClNO4S. The van der Waals surface area contributed by atoms with Gasteiger partial charge in [-0.3, -0.25) is 4.79 Å². The smallest absolute Gasteiger partial charge is 0.327 e. The minimum Gasteiger partial charge on any atom is -0.468 e. The van der Waals surface area contributed by atoms with Crippen molar-refractivity contribution in [2.24, 2.45) is 0 Å². The fourth-order valence-electron chi connectivity index (χ4n) is 2.02.